The van der Waals surface area contributed by atoms with Gasteiger partial charge in [-0.1, -0.05) is 29.4 Å². The summed E-state index contributed by atoms with van der Waals surface area (Å²) in [5, 5.41) is 7.49. The summed E-state index contributed by atoms with van der Waals surface area (Å²) in [4.78, 5) is 4.58. The first-order chi connectivity index (χ1) is 9.78. The molecule has 106 valence electrons. The number of hydrogen-bond donors (Lipinski definition) is 1. The summed E-state index contributed by atoms with van der Waals surface area (Å²) >= 11 is 1.89. The van der Waals surface area contributed by atoms with Crippen LogP contribution in [0.3, 0.4) is 0 Å². The number of rotatable bonds is 4. The topological polar surface area (TPSA) is 51.0 Å². The van der Waals surface area contributed by atoms with E-state index in [1.54, 1.807) is 0 Å². The maximum Gasteiger partial charge on any atom is 0.244 e. The van der Waals surface area contributed by atoms with Crippen molar-refractivity contribution in [2.75, 3.05) is 12.8 Å². The second kappa shape index (κ2) is 5.97. The number of fused-ring (bicyclic) bond motifs is 1. The summed E-state index contributed by atoms with van der Waals surface area (Å²) in [6.45, 7) is 2.11. The molecule has 5 heteroatoms. The van der Waals surface area contributed by atoms with Gasteiger partial charge >= 0.3 is 0 Å². The standard InChI is InChI=1S/C15H19N3OS/c1-10(16-2)9-13-17-15(19-18-13)14-12-6-4-3-5-11(12)7-8-20-14/h3-6,10,14,16H,7-9H2,1-2H3. The van der Waals surface area contributed by atoms with Crippen LogP contribution in [0.5, 0.6) is 0 Å². The number of aryl methyl sites for hydroxylation is 1. The van der Waals surface area contributed by atoms with Crippen LogP contribution in [-0.2, 0) is 12.8 Å². The predicted octanol–water partition coefficient (Wildman–Crippen LogP) is 2.60. The smallest absolute Gasteiger partial charge is 0.244 e. The lowest BCUT2D eigenvalue weighted by Crippen LogP contribution is -2.24. The minimum atomic E-state index is 0.186. The first kappa shape index (κ1) is 13.6. The van der Waals surface area contributed by atoms with Crippen molar-refractivity contribution < 1.29 is 4.52 Å². The second-order valence-corrected chi connectivity index (χ2v) is 6.36. The molecule has 0 radical (unpaired) electrons. The molecule has 0 bridgehead atoms. The SMILES string of the molecule is CNC(C)Cc1noc(C2SCCc3ccccc32)n1. The molecule has 0 fully saturated rings. The molecule has 3 rings (SSSR count). The zero-order valence-electron chi connectivity index (χ0n) is 11.8. The van der Waals surface area contributed by atoms with E-state index in [4.69, 9.17) is 4.52 Å². The highest BCUT2D eigenvalue weighted by Gasteiger charge is 2.27. The molecule has 0 saturated carbocycles. The number of hydrogen-bond acceptors (Lipinski definition) is 5. The van der Waals surface area contributed by atoms with Crippen LogP contribution >= 0.6 is 11.8 Å². The summed E-state index contributed by atoms with van der Waals surface area (Å²) in [5.41, 5.74) is 2.72. The Morgan fingerprint density at radius 3 is 3.15 bits per heavy atom. The minimum Gasteiger partial charge on any atom is -0.338 e. The Morgan fingerprint density at radius 1 is 1.45 bits per heavy atom. The van der Waals surface area contributed by atoms with Crippen LogP contribution in [0.25, 0.3) is 0 Å². The number of nitrogens with zero attached hydrogens (tertiary/aromatic N) is 2. The first-order valence-electron chi connectivity index (χ1n) is 6.97. The number of thioether (sulfide) groups is 1. The molecule has 0 amide bonds. The van der Waals surface area contributed by atoms with Gasteiger partial charge in [-0.3, -0.25) is 0 Å². The summed E-state index contributed by atoms with van der Waals surface area (Å²) in [5.74, 6) is 2.62. The Kier molecular flexibility index (Phi) is 4.08. The fourth-order valence-corrected chi connectivity index (χ4v) is 3.65. The lowest BCUT2D eigenvalue weighted by Gasteiger charge is -2.21. The maximum absolute atomic E-state index is 5.50. The highest BCUT2D eigenvalue weighted by atomic mass is 32.2. The summed E-state index contributed by atoms with van der Waals surface area (Å²) in [6, 6.07) is 8.90. The molecular formula is C15H19N3OS. The maximum atomic E-state index is 5.50. The monoisotopic (exact) mass is 289 g/mol. The van der Waals surface area contributed by atoms with Crippen molar-refractivity contribution in [1.82, 2.24) is 15.5 Å². The molecule has 2 unspecified atom stereocenters. The van der Waals surface area contributed by atoms with E-state index in [2.05, 4.69) is 46.6 Å². The van der Waals surface area contributed by atoms with E-state index >= 15 is 0 Å². The Morgan fingerprint density at radius 2 is 2.30 bits per heavy atom. The van der Waals surface area contributed by atoms with E-state index in [9.17, 15) is 0 Å². The van der Waals surface area contributed by atoms with Crippen LogP contribution in [0.1, 0.15) is 35.0 Å². The van der Waals surface area contributed by atoms with Gasteiger partial charge in [-0.05, 0) is 37.3 Å². The van der Waals surface area contributed by atoms with Crippen LogP contribution in [0.2, 0.25) is 0 Å². The van der Waals surface area contributed by atoms with Gasteiger partial charge < -0.3 is 9.84 Å². The molecule has 0 aliphatic carbocycles. The van der Waals surface area contributed by atoms with Gasteiger partial charge in [0.25, 0.3) is 0 Å². The van der Waals surface area contributed by atoms with Crippen LogP contribution < -0.4 is 5.32 Å². The summed E-state index contributed by atoms with van der Waals surface area (Å²) in [7, 11) is 1.94. The van der Waals surface area contributed by atoms with Crippen molar-refractivity contribution >= 4 is 11.8 Å². The average molecular weight is 289 g/mol. The molecule has 1 N–H and O–H groups in total. The third-order valence-electron chi connectivity index (χ3n) is 3.68. The van der Waals surface area contributed by atoms with E-state index < -0.39 is 0 Å². The molecule has 4 nitrogen and oxygen atoms in total. The number of nitrogens with one attached hydrogen (secondary N) is 1. The Labute approximate surface area is 123 Å². The first-order valence-corrected chi connectivity index (χ1v) is 8.02. The van der Waals surface area contributed by atoms with Crippen LogP contribution in [0, 0.1) is 0 Å². The quantitative estimate of drug-likeness (QED) is 0.937. The third-order valence-corrected chi connectivity index (χ3v) is 4.91. The second-order valence-electron chi connectivity index (χ2n) is 5.14. The van der Waals surface area contributed by atoms with Crippen molar-refractivity contribution in [2.45, 2.75) is 31.1 Å². The lowest BCUT2D eigenvalue weighted by atomic mass is 10.0. The van der Waals surface area contributed by atoms with Crippen LogP contribution in [-0.4, -0.2) is 29.0 Å². The van der Waals surface area contributed by atoms with Gasteiger partial charge in [0.15, 0.2) is 5.82 Å². The molecular weight excluding hydrogens is 270 g/mol. The predicted molar refractivity (Wildman–Crippen MR) is 81.0 cm³/mol. The van der Waals surface area contributed by atoms with E-state index in [1.165, 1.54) is 11.1 Å². The molecule has 2 aromatic rings. The molecule has 1 aliphatic rings. The van der Waals surface area contributed by atoms with E-state index in [1.807, 2.05) is 18.8 Å². The molecule has 1 aliphatic heterocycles. The molecule has 0 spiro atoms. The lowest BCUT2D eigenvalue weighted by molar-refractivity contribution is 0.375. The number of aromatic nitrogens is 2. The van der Waals surface area contributed by atoms with E-state index in [0.29, 0.717) is 6.04 Å². The molecule has 2 atom stereocenters. The summed E-state index contributed by atoms with van der Waals surface area (Å²) < 4.78 is 5.50. The zero-order chi connectivity index (χ0) is 13.9. The third kappa shape index (κ3) is 2.74. The fraction of sp³-hybridized carbons (Fsp3) is 0.467. The van der Waals surface area contributed by atoms with Gasteiger partial charge in [-0.25, -0.2) is 0 Å². The van der Waals surface area contributed by atoms with Crippen molar-refractivity contribution in [1.29, 1.82) is 0 Å². The Balaban J connectivity index is 1.84. The molecule has 2 heterocycles. The van der Waals surface area contributed by atoms with E-state index in [0.717, 1.165) is 30.3 Å². The van der Waals surface area contributed by atoms with Gasteiger partial charge in [0.05, 0.1) is 0 Å². The van der Waals surface area contributed by atoms with E-state index in [-0.39, 0.29) is 5.25 Å². The van der Waals surface area contributed by atoms with Crippen molar-refractivity contribution in [2.24, 2.45) is 0 Å². The van der Waals surface area contributed by atoms with Gasteiger partial charge in [-0.2, -0.15) is 4.98 Å². The van der Waals surface area contributed by atoms with Gasteiger partial charge in [0.1, 0.15) is 5.25 Å². The highest BCUT2D eigenvalue weighted by molar-refractivity contribution is 7.99. The minimum absolute atomic E-state index is 0.186. The Bertz CT molecular complexity index is 584. The van der Waals surface area contributed by atoms with Crippen molar-refractivity contribution in [3.05, 3.63) is 47.1 Å². The van der Waals surface area contributed by atoms with Crippen molar-refractivity contribution in [3.8, 4) is 0 Å². The zero-order valence-corrected chi connectivity index (χ0v) is 12.6. The molecule has 1 aromatic heterocycles. The fourth-order valence-electron chi connectivity index (χ4n) is 2.43. The van der Waals surface area contributed by atoms with Crippen LogP contribution in [0.4, 0.5) is 0 Å². The molecule has 20 heavy (non-hydrogen) atoms. The van der Waals surface area contributed by atoms with Crippen molar-refractivity contribution in [3.63, 3.8) is 0 Å². The van der Waals surface area contributed by atoms with Gasteiger partial charge in [0, 0.05) is 12.5 Å². The summed E-state index contributed by atoms with van der Waals surface area (Å²) in [6.07, 6.45) is 1.91. The molecule has 1 aromatic carbocycles. The normalized spacial score (nSPS) is 19.6. The van der Waals surface area contributed by atoms with Gasteiger partial charge in [0.2, 0.25) is 5.89 Å². The average Bonchev–Trinajstić information content (AvgIpc) is 2.94. The van der Waals surface area contributed by atoms with Crippen LogP contribution in [0.15, 0.2) is 28.8 Å². The highest BCUT2D eigenvalue weighted by Crippen LogP contribution is 2.40. The van der Waals surface area contributed by atoms with Gasteiger partial charge in [-0.15, -0.1) is 11.8 Å². The number of likely N-dealkylation sites (N-methyl/N-ethyl adjacent to an activating group) is 1. The molecule has 0 saturated heterocycles. The number of benzene rings is 1. The Hall–Kier alpha value is -1.33. The largest absolute Gasteiger partial charge is 0.338 e.